The van der Waals surface area contributed by atoms with E-state index in [1.165, 1.54) is 4.88 Å². The summed E-state index contributed by atoms with van der Waals surface area (Å²) in [4.78, 5) is 5.52. The second-order valence-electron chi connectivity index (χ2n) is 3.97. The minimum atomic E-state index is 0.622. The van der Waals surface area contributed by atoms with Crippen molar-refractivity contribution in [2.24, 2.45) is 0 Å². The fourth-order valence-corrected chi connectivity index (χ4v) is 3.13. The van der Waals surface area contributed by atoms with E-state index in [9.17, 15) is 0 Å². The molecule has 18 heavy (non-hydrogen) atoms. The Kier molecular flexibility index (Phi) is 4.00. The van der Waals surface area contributed by atoms with Gasteiger partial charge >= 0.3 is 0 Å². The summed E-state index contributed by atoms with van der Waals surface area (Å²) in [5, 5.41) is 14.5. The third-order valence-corrected chi connectivity index (χ3v) is 4.21. The van der Waals surface area contributed by atoms with Gasteiger partial charge in [-0.3, -0.25) is 4.98 Å². The summed E-state index contributed by atoms with van der Waals surface area (Å²) >= 11 is 5.11. The predicted octanol–water partition coefficient (Wildman–Crippen LogP) is 4.01. The zero-order valence-corrected chi connectivity index (χ0v) is 12.5. The minimum absolute atomic E-state index is 0.622. The average Bonchev–Trinajstić information content (AvgIpc) is 2.72. The lowest BCUT2D eigenvalue weighted by Gasteiger charge is -2.09. The number of aryl methyl sites for hydroxylation is 2. The van der Waals surface area contributed by atoms with Crippen molar-refractivity contribution in [3.05, 3.63) is 43.8 Å². The molecule has 0 aliphatic rings. The molecule has 2 rings (SSSR count). The van der Waals surface area contributed by atoms with E-state index in [1.54, 1.807) is 11.3 Å². The highest BCUT2D eigenvalue weighted by Crippen LogP contribution is 2.23. The number of nitriles is 1. The van der Waals surface area contributed by atoms with Crippen LogP contribution >= 0.6 is 27.3 Å². The fourth-order valence-electron chi connectivity index (χ4n) is 1.74. The maximum atomic E-state index is 9.16. The summed E-state index contributed by atoms with van der Waals surface area (Å²) in [6.07, 6.45) is 0. The molecule has 0 aliphatic carbocycles. The van der Waals surface area contributed by atoms with Crippen LogP contribution in [0.2, 0.25) is 0 Å². The molecule has 2 aromatic rings. The first-order valence-corrected chi connectivity index (χ1v) is 7.12. The van der Waals surface area contributed by atoms with Gasteiger partial charge in [0.05, 0.1) is 16.9 Å². The predicted molar refractivity (Wildman–Crippen MR) is 77.8 cm³/mol. The Morgan fingerprint density at radius 3 is 2.83 bits per heavy atom. The lowest BCUT2D eigenvalue weighted by Crippen LogP contribution is -2.03. The summed E-state index contributed by atoms with van der Waals surface area (Å²) in [5.74, 6) is 0. The summed E-state index contributed by atoms with van der Waals surface area (Å²) < 4.78 is 1.09. The fraction of sp³-hybridized carbons (Fsp3) is 0.231. The molecule has 1 N–H and O–H groups in total. The quantitative estimate of drug-likeness (QED) is 0.929. The van der Waals surface area contributed by atoms with Crippen molar-refractivity contribution in [3.8, 4) is 6.07 Å². The van der Waals surface area contributed by atoms with E-state index in [-0.39, 0.29) is 0 Å². The monoisotopic (exact) mass is 321 g/mol. The van der Waals surface area contributed by atoms with Gasteiger partial charge in [-0.25, -0.2) is 0 Å². The SMILES string of the molecule is Cc1cc(NCc2cc(Br)cs2)c(C#N)c(C)n1. The van der Waals surface area contributed by atoms with E-state index in [1.807, 2.05) is 25.3 Å². The number of pyridine rings is 1. The van der Waals surface area contributed by atoms with Crippen LogP contribution in [0.1, 0.15) is 21.8 Å². The molecule has 2 aromatic heterocycles. The van der Waals surface area contributed by atoms with E-state index in [0.29, 0.717) is 12.1 Å². The standard InChI is InChI=1S/C13H12BrN3S/c1-8-3-13(12(5-15)9(2)17-8)16-6-11-4-10(14)7-18-11/h3-4,7H,6H2,1-2H3,(H,16,17). The smallest absolute Gasteiger partial charge is 0.103 e. The third-order valence-electron chi connectivity index (χ3n) is 2.52. The molecule has 5 heteroatoms. The zero-order valence-electron chi connectivity index (χ0n) is 10.1. The number of nitrogens with one attached hydrogen (secondary N) is 1. The van der Waals surface area contributed by atoms with Crippen LogP contribution in [-0.4, -0.2) is 4.98 Å². The Bertz CT molecular complexity index is 613. The Hall–Kier alpha value is -1.38. The van der Waals surface area contributed by atoms with Gasteiger partial charge in [0.25, 0.3) is 0 Å². The largest absolute Gasteiger partial charge is 0.379 e. The van der Waals surface area contributed by atoms with Crippen LogP contribution in [0.3, 0.4) is 0 Å². The van der Waals surface area contributed by atoms with E-state index < -0.39 is 0 Å². The van der Waals surface area contributed by atoms with E-state index in [0.717, 1.165) is 21.5 Å². The first-order chi connectivity index (χ1) is 8.60. The minimum Gasteiger partial charge on any atom is -0.379 e. The molecular formula is C13H12BrN3S. The molecule has 0 amide bonds. The molecule has 0 saturated carbocycles. The molecule has 0 unspecified atom stereocenters. The molecule has 0 fully saturated rings. The summed E-state index contributed by atoms with van der Waals surface area (Å²) in [6.45, 7) is 4.51. The van der Waals surface area contributed by atoms with Crippen molar-refractivity contribution in [1.82, 2.24) is 4.98 Å². The highest BCUT2D eigenvalue weighted by molar-refractivity contribution is 9.10. The molecule has 3 nitrogen and oxygen atoms in total. The van der Waals surface area contributed by atoms with Crippen LogP contribution in [0.25, 0.3) is 0 Å². The lowest BCUT2D eigenvalue weighted by atomic mass is 10.1. The van der Waals surface area contributed by atoms with Gasteiger partial charge in [0.15, 0.2) is 0 Å². The maximum Gasteiger partial charge on any atom is 0.103 e. The molecule has 0 radical (unpaired) electrons. The highest BCUT2D eigenvalue weighted by Gasteiger charge is 2.08. The first kappa shape index (κ1) is 13.1. The van der Waals surface area contributed by atoms with Gasteiger partial charge in [-0.1, -0.05) is 0 Å². The molecule has 0 aromatic carbocycles. The molecular weight excluding hydrogens is 310 g/mol. The van der Waals surface area contributed by atoms with Crippen molar-refractivity contribution in [1.29, 1.82) is 5.26 Å². The third kappa shape index (κ3) is 2.89. The molecule has 0 atom stereocenters. The van der Waals surface area contributed by atoms with Gasteiger partial charge in [-0.2, -0.15) is 5.26 Å². The number of thiophene rings is 1. The van der Waals surface area contributed by atoms with E-state index in [2.05, 4.69) is 38.4 Å². The van der Waals surface area contributed by atoms with Gasteiger partial charge in [0, 0.05) is 27.0 Å². The van der Waals surface area contributed by atoms with Crippen molar-refractivity contribution in [2.75, 3.05) is 5.32 Å². The summed E-state index contributed by atoms with van der Waals surface area (Å²) in [7, 11) is 0. The number of nitrogens with zero attached hydrogens (tertiary/aromatic N) is 2. The summed E-state index contributed by atoms with van der Waals surface area (Å²) in [5.41, 5.74) is 3.16. The molecule has 2 heterocycles. The van der Waals surface area contributed by atoms with Gasteiger partial charge in [-0.05, 0) is 41.9 Å². The van der Waals surface area contributed by atoms with Gasteiger partial charge < -0.3 is 5.32 Å². The molecule has 0 saturated heterocycles. The number of hydrogen-bond donors (Lipinski definition) is 1. The van der Waals surface area contributed by atoms with Crippen LogP contribution in [0.4, 0.5) is 5.69 Å². The second-order valence-corrected chi connectivity index (χ2v) is 5.88. The normalized spacial score (nSPS) is 10.1. The molecule has 92 valence electrons. The van der Waals surface area contributed by atoms with Crippen molar-refractivity contribution in [2.45, 2.75) is 20.4 Å². The number of anilines is 1. The van der Waals surface area contributed by atoms with E-state index >= 15 is 0 Å². The molecule has 0 aliphatic heterocycles. The first-order valence-electron chi connectivity index (χ1n) is 5.45. The van der Waals surface area contributed by atoms with E-state index in [4.69, 9.17) is 5.26 Å². The topological polar surface area (TPSA) is 48.7 Å². The highest BCUT2D eigenvalue weighted by atomic mass is 79.9. The second kappa shape index (κ2) is 5.51. The van der Waals surface area contributed by atoms with Crippen LogP contribution in [0.15, 0.2) is 22.0 Å². The van der Waals surface area contributed by atoms with Crippen LogP contribution in [0.5, 0.6) is 0 Å². The Balaban J connectivity index is 2.21. The number of rotatable bonds is 3. The Labute approximate surface area is 119 Å². The van der Waals surface area contributed by atoms with Crippen LogP contribution in [0, 0.1) is 25.2 Å². The van der Waals surface area contributed by atoms with Crippen molar-refractivity contribution in [3.63, 3.8) is 0 Å². The van der Waals surface area contributed by atoms with Crippen molar-refractivity contribution < 1.29 is 0 Å². The number of aromatic nitrogens is 1. The average molecular weight is 322 g/mol. The summed E-state index contributed by atoms with van der Waals surface area (Å²) in [6, 6.07) is 6.19. The van der Waals surface area contributed by atoms with Gasteiger partial charge in [-0.15, -0.1) is 11.3 Å². The Morgan fingerprint density at radius 2 is 2.22 bits per heavy atom. The van der Waals surface area contributed by atoms with Crippen LogP contribution < -0.4 is 5.32 Å². The zero-order chi connectivity index (χ0) is 13.1. The maximum absolute atomic E-state index is 9.16. The van der Waals surface area contributed by atoms with Crippen LogP contribution in [-0.2, 0) is 6.54 Å². The lowest BCUT2D eigenvalue weighted by molar-refractivity contribution is 1.09. The van der Waals surface area contributed by atoms with Crippen molar-refractivity contribution >= 4 is 33.0 Å². The Morgan fingerprint density at radius 1 is 1.44 bits per heavy atom. The van der Waals surface area contributed by atoms with Gasteiger partial charge in [0.1, 0.15) is 6.07 Å². The molecule has 0 bridgehead atoms. The number of halogens is 1. The van der Waals surface area contributed by atoms with Gasteiger partial charge in [0.2, 0.25) is 0 Å². The molecule has 0 spiro atoms. The number of hydrogen-bond acceptors (Lipinski definition) is 4.